The monoisotopic (exact) mass is 425 g/mol. The summed E-state index contributed by atoms with van der Waals surface area (Å²) in [6.45, 7) is 2.39. The average Bonchev–Trinajstić information content (AvgIpc) is 3.33. The van der Waals surface area contributed by atoms with Crippen LogP contribution in [0.15, 0.2) is 42.2 Å². The van der Waals surface area contributed by atoms with Crippen LogP contribution in [0.25, 0.3) is 10.2 Å². The van der Waals surface area contributed by atoms with Crippen LogP contribution >= 0.6 is 11.3 Å². The first-order chi connectivity index (χ1) is 14.7. The van der Waals surface area contributed by atoms with Crippen molar-refractivity contribution in [2.24, 2.45) is 0 Å². The maximum absolute atomic E-state index is 14.2. The third-order valence-electron chi connectivity index (χ3n) is 6.15. The van der Waals surface area contributed by atoms with E-state index in [4.69, 9.17) is 0 Å². The number of benzene rings is 1. The van der Waals surface area contributed by atoms with Crippen molar-refractivity contribution in [3.63, 3.8) is 0 Å². The van der Waals surface area contributed by atoms with Crippen LogP contribution in [0.4, 0.5) is 10.1 Å². The van der Waals surface area contributed by atoms with Gasteiger partial charge < -0.3 is 15.1 Å². The SMILES string of the molecule is O=C(CNCCc1cccc2ncsc12)N1CC2CCC(C1)N2c1ccncc1F. The first-order valence-electron chi connectivity index (χ1n) is 10.4. The molecule has 2 aliphatic heterocycles. The summed E-state index contributed by atoms with van der Waals surface area (Å²) in [5, 5.41) is 3.30. The summed E-state index contributed by atoms with van der Waals surface area (Å²) in [6.07, 6.45) is 5.74. The Morgan fingerprint density at radius 2 is 2.07 bits per heavy atom. The molecule has 0 aliphatic carbocycles. The normalized spacial score (nSPS) is 20.8. The lowest BCUT2D eigenvalue weighted by molar-refractivity contribution is -0.131. The zero-order chi connectivity index (χ0) is 20.5. The standard InChI is InChI=1S/C22H24FN5OS/c23-18-10-24-9-7-20(18)28-16-4-5-17(28)13-27(12-16)21(29)11-25-8-6-15-2-1-3-19-22(15)30-14-26-19/h1-3,7,9-10,14,16-17,25H,4-6,8,11-13H2. The number of piperazine rings is 1. The summed E-state index contributed by atoms with van der Waals surface area (Å²) in [7, 11) is 0. The molecule has 8 heteroatoms. The average molecular weight is 426 g/mol. The minimum absolute atomic E-state index is 0.123. The Morgan fingerprint density at radius 1 is 1.23 bits per heavy atom. The molecule has 2 aromatic heterocycles. The van der Waals surface area contributed by atoms with Gasteiger partial charge in [-0.2, -0.15) is 0 Å². The fourth-order valence-corrected chi connectivity index (χ4v) is 5.58. The second-order valence-electron chi connectivity index (χ2n) is 7.96. The summed E-state index contributed by atoms with van der Waals surface area (Å²) < 4.78 is 15.5. The quantitative estimate of drug-likeness (QED) is 0.616. The zero-order valence-corrected chi connectivity index (χ0v) is 17.4. The van der Waals surface area contributed by atoms with E-state index in [2.05, 4.69) is 26.3 Å². The molecule has 2 saturated heterocycles. The number of thiazole rings is 1. The second-order valence-corrected chi connectivity index (χ2v) is 8.82. The lowest BCUT2D eigenvalue weighted by atomic mass is 10.1. The number of amides is 1. The molecular weight excluding hydrogens is 401 g/mol. The minimum Gasteiger partial charge on any atom is -0.360 e. The minimum atomic E-state index is -0.285. The molecule has 2 atom stereocenters. The van der Waals surface area contributed by atoms with Crippen molar-refractivity contribution in [3.8, 4) is 0 Å². The number of rotatable bonds is 6. The molecule has 0 saturated carbocycles. The Kier molecular flexibility index (Phi) is 5.35. The van der Waals surface area contributed by atoms with E-state index in [1.54, 1.807) is 23.6 Å². The van der Waals surface area contributed by atoms with Crippen LogP contribution in [0.3, 0.4) is 0 Å². The smallest absolute Gasteiger partial charge is 0.236 e. The number of carbonyl (C=O) groups is 1. The van der Waals surface area contributed by atoms with Gasteiger partial charge >= 0.3 is 0 Å². The topological polar surface area (TPSA) is 61.4 Å². The number of hydrogen-bond donors (Lipinski definition) is 1. The van der Waals surface area contributed by atoms with Crippen molar-refractivity contribution in [2.45, 2.75) is 31.3 Å². The van der Waals surface area contributed by atoms with E-state index in [1.807, 2.05) is 22.5 Å². The predicted molar refractivity (Wildman–Crippen MR) is 116 cm³/mol. The van der Waals surface area contributed by atoms with Gasteiger partial charge in [0.2, 0.25) is 5.91 Å². The molecule has 2 bridgehead atoms. The number of pyridine rings is 1. The highest BCUT2D eigenvalue weighted by molar-refractivity contribution is 7.16. The highest BCUT2D eigenvalue weighted by atomic mass is 32.1. The van der Waals surface area contributed by atoms with Gasteiger partial charge in [0, 0.05) is 31.4 Å². The van der Waals surface area contributed by atoms with Crippen LogP contribution in [-0.2, 0) is 11.2 Å². The molecule has 30 heavy (non-hydrogen) atoms. The molecule has 1 aromatic carbocycles. The number of anilines is 1. The second kappa shape index (κ2) is 8.28. The van der Waals surface area contributed by atoms with Gasteiger partial charge in [-0.3, -0.25) is 9.78 Å². The zero-order valence-electron chi connectivity index (χ0n) is 16.6. The molecule has 0 radical (unpaired) electrons. The number of likely N-dealkylation sites (tertiary alicyclic amines) is 1. The Morgan fingerprint density at radius 3 is 2.87 bits per heavy atom. The largest absolute Gasteiger partial charge is 0.360 e. The van der Waals surface area contributed by atoms with E-state index in [0.717, 1.165) is 31.3 Å². The van der Waals surface area contributed by atoms with Gasteiger partial charge in [0.1, 0.15) is 0 Å². The van der Waals surface area contributed by atoms with E-state index < -0.39 is 0 Å². The van der Waals surface area contributed by atoms with Crippen LogP contribution in [0.1, 0.15) is 18.4 Å². The van der Waals surface area contributed by atoms with E-state index in [1.165, 1.54) is 16.5 Å². The number of nitrogens with one attached hydrogen (secondary N) is 1. The maximum atomic E-state index is 14.2. The summed E-state index contributed by atoms with van der Waals surface area (Å²) in [5.41, 5.74) is 4.78. The summed E-state index contributed by atoms with van der Waals surface area (Å²) in [6, 6.07) is 8.27. The van der Waals surface area contributed by atoms with Crippen LogP contribution in [0, 0.1) is 5.82 Å². The molecule has 5 rings (SSSR count). The van der Waals surface area contributed by atoms with Gasteiger partial charge in [-0.15, -0.1) is 11.3 Å². The molecule has 2 fully saturated rings. The highest BCUT2D eigenvalue weighted by Crippen LogP contribution is 2.35. The van der Waals surface area contributed by atoms with Gasteiger partial charge in [0.15, 0.2) is 5.82 Å². The van der Waals surface area contributed by atoms with E-state index >= 15 is 0 Å². The molecule has 6 nitrogen and oxygen atoms in total. The number of hydrogen-bond acceptors (Lipinski definition) is 6. The predicted octanol–water partition coefficient (Wildman–Crippen LogP) is 2.84. The van der Waals surface area contributed by atoms with Gasteiger partial charge in [-0.05, 0) is 43.5 Å². The number of nitrogens with zero attached hydrogens (tertiary/aromatic N) is 4. The van der Waals surface area contributed by atoms with Crippen molar-refractivity contribution < 1.29 is 9.18 Å². The van der Waals surface area contributed by atoms with Crippen LogP contribution in [0.5, 0.6) is 0 Å². The maximum Gasteiger partial charge on any atom is 0.236 e. The first-order valence-corrected chi connectivity index (χ1v) is 11.3. The first kappa shape index (κ1) is 19.4. The van der Waals surface area contributed by atoms with Crippen molar-refractivity contribution in [1.82, 2.24) is 20.2 Å². The van der Waals surface area contributed by atoms with Crippen molar-refractivity contribution >= 4 is 33.1 Å². The number of carbonyl (C=O) groups excluding carboxylic acids is 1. The number of halogens is 1. The molecule has 4 heterocycles. The Hall–Kier alpha value is -2.58. The molecule has 0 spiro atoms. The number of aromatic nitrogens is 2. The fourth-order valence-electron chi connectivity index (χ4n) is 4.75. The molecule has 156 valence electrons. The van der Waals surface area contributed by atoms with Gasteiger partial charge in [0.25, 0.3) is 0 Å². The lowest BCUT2D eigenvalue weighted by Gasteiger charge is -2.42. The summed E-state index contributed by atoms with van der Waals surface area (Å²) >= 11 is 1.66. The van der Waals surface area contributed by atoms with Gasteiger partial charge in [0.05, 0.1) is 34.2 Å². The fraction of sp³-hybridized carbons (Fsp3) is 0.409. The molecule has 1 amide bonds. The van der Waals surface area contributed by atoms with Gasteiger partial charge in [-0.25, -0.2) is 9.37 Å². The number of fused-ring (bicyclic) bond motifs is 3. The third kappa shape index (κ3) is 3.65. The van der Waals surface area contributed by atoms with E-state index in [0.29, 0.717) is 25.3 Å². The third-order valence-corrected chi connectivity index (χ3v) is 7.07. The molecule has 1 N–H and O–H groups in total. The highest BCUT2D eigenvalue weighted by Gasteiger charge is 2.42. The van der Waals surface area contributed by atoms with E-state index in [-0.39, 0.29) is 23.8 Å². The van der Waals surface area contributed by atoms with E-state index in [9.17, 15) is 9.18 Å². The Balaban J connectivity index is 1.15. The van der Waals surface area contributed by atoms with Crippen molar-refractivity contribution in [3.05, 3.63) is 53.6 Å². The van der Waals surface area contributed by atoms with Crippen LogP contribution < -0.4 is 10.2 Å². The van der Waals surface area contributed by atoms with Crippen LogP contribution in [-0.4, -0.2) is 59.0 Å². The molecular formula is C22H24FN5OS. The Labute approximate surface area is 178 Å². The molecule has 2 unspecified atom stereocenters. The van der Waals surface area contributed by atoms with Gasteiger partial charge in [-0.1, -0.05) is 12.1 Å². The molecule has 2 aliphatic rings. The van der Waals surface area contributed by atoms with Crippen LogP contribution in [0.2, 0.25) is 0 Å². The van der Waals surface area contributed by atoms with Crippen molar-refractivity contribution in [1.29, 1.82) is 0 Å². The Bertz CT molecular complexity index is 1040. The summed E-state index contributed by atoms with van der Waals surface area (Å²) in [4.78, 5) is 25.1. The van der Waals surface area contributed by atoms with Crippen molar-refractivity contribution in [2.75, 3.05) is 31.1 Å². The summed E-state index contributed by atoms with van der Waals surface area (Å²) in [5.74, 6) is -0.162. The lowest BCUT2D eigenvalue weighted by Crippen LogP contribution is -2.57. The molecule has 3 aromatic rings.